The van der Waals surface area contributed by atoms with Gasteiger partial charge >= 0.3 is 0 Å². The van der Waals surface area contributed by atoms with Crippen LogP contribution in [0.5, 0.6) is 0 Å². The molecule has 0 bridgehead atoms. The Morgan fingerprint density at radius 2 is 1.32 bits per heavy atom. The number of nitrogens with zero attached hydrogens (tertiary/aromatic N) is 2. The Kier molecular flexibility index (Phi) is 6.34. The van der Waals surface area contributed by atoms with E-state index < -0.39 is 0 Å². The molecule has 0 spiro atoms. The summed E-state index contributed by atoms with van der Waals surface area (Å²) in [6.07, 6.45) is 5.28. The number of benzene rings is 2. The van der Waals surface area contributed by atoms with Crippen molar-refractivity contribution >= 4 is 0 Å². The van der Waals surface area contributed by atoms with E-state index in [0.717, 1.165) is 22.5 Å². The fourth-order valence-electron chi connectivity index (χ4n) is 7.35. The molecule has 0 amide bonds. The molecule has 0 radical (unpaired) electrons. The minimum atomic E-state index is 0.586. The third kappa shape index (κ3) is 3.76. The van der Waals surface area contributed by atoms with Gasteiger partial charge in [0.2, 0.25) is 0 Å². The lowest BCUT2D eigenvalue weighted by Crippen LogP contribution is -2.54. The minimum Gasteiger partial charge on any atom is -0.322 e. The summed E-state index contributed by atoms with van der Waals surface area (Å²) in [5.74, 6) is 0.818. The van der Waals surface area contributed by atoms with Crippen LogP contribution in [0.15, 0.2) is 60.7 Å². The third-order valence-corrected chi connectivity index (χ3v) is 9.96. The molecule has 168 valence electrons. The number of quaternary nitrogens is 2. The van der Waals surface area contributed by atoms with Crippen molar-refractivity contribution in [2.75, 3.05) is 20.6 Å². The van der Waals surface area contributed by atoms with E-state index in [4.69, 9.17) is 0 Å². The van der Waals surface area contributed by atoms with E-state index in [1.54, 1.807) is 0 Å². The Labute approximate surface area is 191 Å². The van der Waals surface area contributed by atoms with Crippen molar-refractivity contribution in [2.24, 2.45) is 5.92 Å². The highest BCUT2D eigenvalue weighted by Gasteiger charge is 2.53. The highest BCUT2D eigenvalue weighted by atomic mass is 15.4. The zero-order valence-corrected chi connectivity index (χ0v) is 20.7. The molecule has 2 aliphatic rings. The molecule has 2 saturated heterocycles. The molecule has 0 N–H and O–H groups in total. The summed E-state index contributed by atoms with van der Waals surface area (Å²) < 4.78 is 2.40. The minimum absolute atomic E-state index is 0.586. The molecule has 7 atom stereocenters. The first-order chi connectivity index (χ1) is 14.8. The van der Waals surface area contributed by atoms with E-state index in [2.05, 4.69) is 102 Å². The van der Waals surface area contributed by atoms with Crippen LogP contribution in [-0.2, 0) is 0 Å². The summed E-state index contributed by atoms with van der Waals surface area (Å²) in [6, 6.07) is 26.0. The second-order valence-corrected chi connectivity index (χ2v) is 11.0. The number of likely N-dealkylation sites (tertiary alicyclic amines) is 2. The first-order valence-electron chi connectivity index (χ1n) is 12.6. The highest BCUT2D eigenvalue weighted by Crippen LogP contribution is 2.53. The molecule has 0 saturated carbocycles. The van der Waals surface area contributed by atoms with Crippen LogP contribution in [-0.4, -0.2) is 47.7 Å². The Morgan fingerprint density at radius 3 is 1.74 bits per heavy atom. The van der Waals surface area contributed by atoms with Crippen LogP contribution in [0.25, 0.3) is 0 Å². The van der Waals surface area contributed by atoms with Crippen LogP contribution in [0.4, 0.5) is 0 Å². The number of hydrogen-bond acceptors (Lipinski definition) is 0. The normalized spacial score (nSPS) is 35.9. The summed E-state index contributed by atoms with van der Waals surface area (Å²) in [5.41, 5.74) is 3.05. The van der Waals surface area contributed by atoms with Gasteiger partial charge in [-0.1, -0.05) is 60.7 Å². The SMILES string of the molecule is CC[N+]1(C)[C@H](C)CC(CC(C)[N+]2(C)[C@@H](c3ccccc3)CC[C@@H]2c2ccccc2)[C@H]1C. The predicted molar refractivity (Wildman–Crippen MR) is 132 cm³/mol. The summed E-state index contributed by atoms with van der Waals surface area (Å²) in [6.45, 7) is 11.2. The monoisotopic (exact) mass is 420 g/mol. The van der Waals surface area contributed by atoms with Crippen molar-refractivity contribution in [3.05, 3.63) is 71.8 Å². The van der Waals surface area contributed by atoms with E-state index in [9.17, 15) is 0 Å². The lowest BCUT2D eigenvalue weighted by atomic mass is 9.89. The predicted octanol–water partition coefficient (Wildman–Crippen LogP) is 6.75. The summed E-state index contributed by atoms with van der Waals surface area (Å²) in [7, 11) is 5.07. The molecule has 2 aliphatic heterocycles. The zero-order chi connectivity index (χ0) is 22.2. The first-order valence-corrected chi connectivity index (χ1v) is 12.6. The summed E-state index contributed by atoms with van der Waals surface area (Å²) >= 11 is 0. The van der Waals surface area contributed by atoms with Crippen molar-refractivity contribution in [1.29, 1.82) is 0 Å². The van der Waals surface area contributed by atoms with Gasteiger partial charge in [-0.2, -0.15) is 0 Å². The van der Waals surface area contributed by atoms with Gasteiger partial charge in [0.25, 0.3) is 0 Å². The van der Waals surface area contributed by atoms with Crippen LogP contribution < -0.4 is 0 Å². The maximum Gasteiger partial charge on any atom is 0.115 e. The molecule has 4 rings (SSSR count). The molecule has 0 aromatic heterocycles. The van der Waals surface area contributed by atoms with Gasteiger partial charge < -0.3 is 8.97 Å². The fourth-order valence-corrected chi connectivity index (χ4v) is 7.35. The van der Waals surface area contributed by atoms with Gasteiger partial charge in [-0.25, -0.2) is 0 Å². The Bertz CT molecular complexity index is 800. The quantitative estimate of drug-likeness (QED) is 0.453. The van der Waals surface area contributed by atoms with Crippen LogP contribution in [0.1, 0.15) is 76.6 Å². The Balaban J connectivity index is 1.66. The van der Waals surface area contributed by atoms with E-state index in [-0.39, 0.29) is 0 Å². The standard InChI is InChI=1S/C29H44N2/c1-7-30(5)22(2)20-27(24(30)4)21-23(3)31(6)28(25-14-10-8-11-15-25)18-19-29(31)26-16-12-9-13-17-26/h8-17,22-24,27-29H,7,18-21H2,1-6H3/q+2/t22-,23?,24-,27?,28-,29-,30?/m1/s1. The molecule has 2 fully saturated rings. The van der Waals surface area contributed by atoms with Gasteiger partial charge in [0.15, 0.2) is 0 Å². The maximum absolute atomic E-state index is 2.57. The average Bonchev–Trinajstić information content (AvgIpc) is 3.26. The summed E-state index contributed by atoms with van der Waals surface area (Å²) in [5, 5.41) is 0. The number of rotatable bonds is 6. The van der Waals surface area contributed by atoms with Crippen LogP contribution >= 0.6 is 0 Å². The molecule has 2 nitrogen and oxygen atoms in total. The highest BCUT2D eigenvalue weighted by molar-refractivity contribution is 5.22. The summed E-state index contributed by atoms with van der Waals surface area (Å²) in [4.78, 5) is 0. The lowest BCUT2D eigenvalue weighted by Gasteiger charge is -2.47. The van der Waals surface area contributed by atoms with Crippen molar-refractivity contribution in [3.63, 3.8) is 0 Å². The molecule has 2 aromatic rings. The van der Waals surface area contributed by atoms with Gasteiger partial charge in [-0.15, -0.1) is 0 Å². The largest absolute Gasteiger partial charge is 0.322 e. The first kappa shape index (κ1) is 22.6. The molecule has 2 heterocycles. The Hall–Kier alpha value is -1.64. The smallest absolute Gasteiger partial charge is 0.115 e. The second kappa shape index (κ2) is 8.71. The van der Waals surface area contributed by atoms with Gasteiger partial charge in [-0.05, 0) is 27.7 Å². The molecule has 2 aromatic carbocycles. The number of hydrogen-bond donors (Lipinski definition) is 0. The van der Waals surface area contributed by atoms with Crippen molar-refractivity contribution < 1.29 is 8.97 Å². The van der Waals surface area contributed by atoms with Crippen molar-refractivity contribution in [2.45, 2.75) is 83.6 Å². The van der Waals surface area contributed by atoms with Gasteiger partial charge in [0, 0.05) is 42.7 Å². The van der Waals surface area contributed by atoms with Gasteiger partial charge in [0.1, 0.15) is 12.1 Å². The van der Waals surface area contributed by atoms with E-state index in [1.807, 2.05) is 0 Å². The molecule has 0 aliphatic carbocycles. The van der Waals surface area contributed by atoms with Crippen LogP contribution in [0.3, 0.4) is 0 Å². The van der Waals surface area contributed by atoms with Crippen LogP contribution in [0, 0.1) is 5.92 Å². The topological polar surface area (TPSA) is 0 Å². The van der Waals surface area contributed by atoms with Crippen molar-refractivity contribution in [3.8, 4) is 0 Å². The van der Waals surface area contributed by atoms with E-state index >= 15 is 0 Å². The molecule has 31 heavy (non-hydrogen) atoms. The Morgan fingerprint density at radius 1 is 0.839 bits per heavy atom. The fraction of sp³-hybridized carbons (Fsp3) is 0.586. The van der Waals surface area contributed by atoms with Gasteiger partial charge in [0.05, 0.1) is 38.8 Å². The van der Waals surface area contributed by atoms with Crippen molar-refractivity contribution in [1.82, 2.24) is 0 Å². The zero-order valence-electron chi connectivity index (χ0n) is 20.7. The molecule has 3 unspecified atom stereocenters. The molecular formula is C29H44N2+2. The lowest BCUT2D eigenvalue weighted by molar-refractivity contribution is -0.976. The maximum atomic E-state index is 2.57. The second-order valence-electron chi connectivity index (χ2n) is 11.0. The molecular weight excluding hydrogens is 376 g/mol. The van der Waals surface area contributed by atoms with Crippen LogP contribution in [0.2, 0.25) is 0 Å². The average molecular weight is 421 g/mol. The van der Waals surface area contributed by atoms with E-state index in [1.165, 1.54) is 47.8 Å². The molecule has 2 heteroatoms. The third-order valence-electron chi connectivity index (χ3n) is 9.96. The van der Waals surface area contributed by atoms with E-state index in [0.29, 0.717) is 18.1 Å². The van der Waals surface area contributed by atoms with Gasteiger partial charge in [-0.3, -0.25) is 0 Å².